The summed E-state index contributed by atoms with van der Waals surface area (Å²) < 4.78 is 5.75. The molecule has 1 amide bonds. The fourth-order valence-corrected chi connectivity index (χ4v) is 3.15. The Balaban J connectivity index is 1.47. The molecule has 0 atom stereocenters. The normalized spacial score (nSPS) is 10.9. The first-order valence-corrected chi connectivity index (χ1v) is 9.26. The van der Waals surface area contributed by atoms with E-state index in [1.807, 2.05) is 42.5 Å². The van der Waals surface area contributed by atoms with Crippen molar-refractivity contribution >= 4 is 28.6 Å². The molecular formula is C20H20N4O2S. The van der Waals surface area contributed by atoms with Crippen molar-refractivity contribution in [1.82, 2.24) is 10.4 Å². The molecule has 0 unspecified atom stereocenters. The Morgan fingerprint density at radius 1 is 1.22 bits per heavy atom. The molecule has 1 heterocycles. The topological polar surface area (TPSA) is 89.6 Å². The number of aryl methyl sites for hydroxylation is 1. The molecule has 0 aliphatic heterocycles. The summed E-state index contributed by atoms with van der Waals surface area (Å²) in [6, 6.07) is 17.7. The average Bonchev–Trinajstić information content (AvgIpc) is 3.02. The number of carbonyl (C=O) groups is 1. The van der Waals surface area contributed by atoms with Crippen molar-refractivity contribution in [1.29, 1.82) is 0 Å². The van der Waals surface area contributed by atoms with Gasteiger partial charge in [0.05, 0.1) is 18.5 Å². The predicted octanol–water partition coefficient (Wildman–Crippen LogP) is 3.42. The lowest BCUT2D eigenvalue weighted by molar-refractivity contribution is 0.0958. The number of hydrazone groups is 1. The lowest BCUT2D eigenvalue weighted by Gasteiger charge is -2.06. The Morgan fingerprint density at radius 2 is 1.96 bits per heavy atom. The molecule has 6 nitrogen and oxygen atoms in total. The zero-order valence-electron chi connectivity index (χ0n) is 14.9. The highest BCUT2D eigenvalue weighted by molar-refractivity contribution is 7.17. The highest BCUT2D eigenvalue weighted by atomic mass is 32.1. The molecule has 0 saturated heterocycles. The molecule has 0 radical (unpaired) electrons. The summed E-state index contributed by atoms with van der Waals surface area (Å²) in [4.78, 5) is 16.5. The fraction of sp³-hybridized carbons (Fsp3) is 0.150. The van der Waals surface area contributed by atoms with Gasteiger partial charge in [-0.3, -0.25) is 4.79 Å². The molecule has 3 N–H and O–H groups in total. The molecule has 3 aromatic rings. The van der Waals surface area contributed by atoms with Crippen molar-refractivity contribution in [2.24, 2.45) is 5.10 Å². The van der Waals surface area contributed by atoms with E-state index in [-0.39, 0.29) is 5.91 Å². The van der Waals surface area contributed by atoms with E-state index in [1.165, 1.54) is 5.56 Å². The van der Waals surface area contributed by atoms with Crippen LogP contribution in [-0.4, -0.2) is 23.7 Å². The lowest BCUT2D eigenvalue weighted by atomic mass is 10.2. The molecule has 0 spiro atoms. The maximum Gasteiger partial charge on any atom is 0.283 e. The average molecular weight is 380 g/mol. The number of anilines is 1. The third kappa shape index (κ3) is 5.39. The van der Waals surface area contributed by atoms with Gasteiger partial charge in [0.25, 0.3) is 5.91 Å². The van der Waals surface area contributed by atoms with Crippen LogP contribution in [0, 0.1) is 6.92 Å². The fourth-order valence-electron chi connectivity index (χ4n) is 2.43. The molecule has 0 bridgehead atoms. The van der Waals surface area contributed by atoms with Gasteiger partial charge in [0.15, 0.2) is 5.13 Å². The van der Waals surface area contributed by atoms with E-state index in [0.29, 0.717) is 22.3 Å². The number of carbonyl (C=O) groups excluding carboxylic acids is 1. The predicted molar refractivity (Wildman–Crippen MR) is 108 cm³/mol. The molecule has 2 aromatic carbocycles. The number of benzene rings is 2. The van der Waals surface area contributed by atoms with E-state index >= 15 is 0 Å². The van der Waals surface area contributed by atoms with Gasteiger partial charge in [-0.2, -0.15) is 5.10 Å². The minimum Gasteiger partial charge on any atom is -0.493 e. The Bertz CT molecular complexity index is 921. The number of ether oxygens (including phenoxy) is 1. The van der Waals surface area contributed by atoms with Crippen molar-refractivity contribution in [2.75, 3.05) is 12.3 Å². The second-order valence-electron chi connectivity index (χ2n) is 5.82. The maximum absolute atomic E-state index is 12.0. The number of hydrogen-bond donors (Lipinski definition) is 2. The van der Waals surface area contributed by atoms with Crippen LogP contribution < -0.4 is 15.9 Å². The Labute approximate surface area is 161 Å². The lowest BCUT2D eigenvalue weighted by Crippen LogP contribution is -2.17. The highest BCUT2D eigenvalue weighted by Gasteiger charge is 2.13. The maximum atomic E-state index is 12.0. The smallest absolute Gasteiger partial charge is 0.283 e. The number of hydrogen-bond acceptors (Lipinski definition) is 6. The molecule has 138 valence electrons. The van der Waals surface area contributed by atoms with Crippen molar-refractivity contribution in [3.8, 4) is 5.75 Å². The van der Waals surface area contributed by atoms with Gasteiger partial charge in [-0.25, -0.2) is 10.4 Å². The van der Waals surface area contributed by atoms with Gasteiger partial charge in [0, 0.05) is 6.42 Å². The third-order valence-corrected chi connectivity index (χ3v) is 4.77. The SMILES string of the molecule is Cc1nc(N)sc1C(=O)N/N=C\c1ccc(OCCc2ccccc2)cc1. The van der Waals surface area contributed by atoms with Gasteiger partial charge in [0.2, 0.25) is 0 Å². The molecule has 3 rings (SSSR count). The van der Waals surface area contributed by atoms with Crippen molar-refractivity contribution in [2.45, 2.75) is 13.3 Å². The summed E-state index contributed by atoms with van der Waals surface area (Å²) in [6.45, 7) is 2.35. The summed E-state index contributed by atoms with van der Waals surface area (Å²) in [5, 5.41) is 4.34. The Kier molecular flexibility index (Phi) is 6.17. The van der Waals surface area contributed by atoms with Gasteiger partial charge in [-0.1, -0.05) is 41.7 Å². The summed E-state index contributed by atoms with van der Waals surface area (Å²) in [5.74, 6) is 0.474. The first kappa shape index (κ1) is 18.6. The Hall–Kier alpha value is -3.19. The number of amides is 1. The zero-order chi connectivity index (χ0) is 19.1. The number of nitrogens with two attached hydrogens (primary N) is 1. The number of thiazole rings is 1. The number of nitrogens with one attached hydrogen (secondary N) is 1. The van der Waals surface area contributed by atoms with Crippen molar-refractivity contribution < 1.29 is 9.53 Å². The molecule has 0 fully saturated rings. The quantitative estimate of drug-likeness (QED) is 0.485. The molecule has 0 saturated carbocycles. The number of rotatable bonds is 7. The summed E-state index contributed by atoms with van der Waals surface area (Å²) in [6.07, 6.45) is 2.43. The largest absolute Gasteiger partial charge is 0.493 e. The Morgan fingerprint density at radius 3 is 2.63 bits per heavy atom. The van der Waals surface area contributed by atoms with E-state index in [0.717, 1.165) is 29.1 Å². The van der Waals surface area contributed by atoms with Crippen LogP contribution in [0.3, 0.4) is 0 Å². The first-order valence-electron chi connectivity index (χ1n) is 8.45. The second-order valence-corrected chi connectivity index (χ2v) is 6.85. The van der Waals surface area contributed by atoms with E-state index in [4.69, 9.17) is 10.5 Å². The van der Waals surface area contributed by atoms with Gasteiger partial charge in [0.1, 0.15) is 10.6 Å². The minimum atomic E-state index is -0.321. The van der Waals surface area contributed by atoms with E-state index in [1.54, 1.807) is 13.1 Å². The monoisotopic (exact) mass is 380 g/mol. The molecule has 0 aliphatic rings. The summed E-state index contributed by atoms with van der Waals surface area (Å²) in [7, 11) is 0. The molecule has 1 aromatic heterocycles. The standard InChI is InChI=1S/C20H20N4O2S/c1-14-18(27-20(21)23-14)19(25)24-22-13-16-7-9-17(10-8-16)26-12-11-15-5-3-2-4-6-15/h2-10,13H,11-12H2,1H3,(H2,21,23)(H,24,25)/b22-13-. The van der Waals surface area contributed by atoms with Crippen molar-refractivity contribution in [3.05, 3.63) is 76.3 Å². The number of aromatic nitrogens is 1. The van der Waals surface area contributed by atoms with Gasteiger partial charge in [-0.05, 0) is 42.3 Å². The van der Waals surface area contributed by atoms with Crippen LogP contribution in [0.1, 0.15) is 26.5 Å². The van der Waals surface area contributed by atoms with Crippen LogP contribution in [0.5, 0.6) is 5.75 Å². The van der Waals surface area contributed by atoms with Gasteiger partial charge in [-0.15, -0.1) is 0 Å². The van der Waals surface area contributed by atoms with E-state index in [9.17, 15) is 4.79 Å². The summed E-state index contributed by atoms with van der Waals surface area (Å²) >= 11 is 1.14. The van der Waals surface area contributed by atoms with Crippen molar-refractivity contribution in [3.63, 3.8) is 0 Å². The van der Waals surface area contributed by atoms with E-state index in [2.05, 4.69) is 27.6 Å². The first-order chi connectivity index (χ1) is 13.1. The van der Waals surface area contributed by atoms with Gasteiger partial charge < -0.3 is 10.5 Å². The zero-order valence-corrected chi connectivity index (χ0v) is 15.7. The molecule has 0 aliphatic carbocycles. The number of nitrogens with zero attached hydrogens (tertiary/aromatic N) is 2. The van der Waals surface area contributed by atoms with Crippen LogP contribution >= 0.6 is 11.3 Å². The molecule has 27 heavy (non-hydrogen) atoms. The summed E-state index contributed by atoms with van der Waals surface area (Å²) in [5.41, 5.74) is 10.8. The third-order valence-electron chi connectivity index (χ3n) is 3.78. The minimum absolute atomic E-state index is 0.321. The highest BCUT2D eigenvalue weighted by Crippen LogP contribution is 2.19. The van der Waals surface area contributed by atoms with Crippen LogP contribution in [0.2, 0.25) is 0 Å². The van der Waals surface area contributed by atoms with Crippen LogP contribution in [-0.2, 0) is 6.42 Å². The van der Waals surface area contributed by atoms with Crippen LogP contribution in [0.25, 0.3) is 0 Å². The molecular weight excluding hydrogens is 360 g/mol. The van der Waals surface area contributed by atoms with Gasteiger partial charge >= 0.3 is 0 Å². The number of nitrogen functional groups attached to an aromatic ring is 1. The van der Waals surface area contributed by atoms with Crippen LogP contribution in [0.15, 0.2) is 59.7 Å². The van der Waals surface area contributed by atoms with Crippen LogP contribution in [0.4, 0.5) is 5.13 Å². The second kappa shape index (κ2) is 8.95. The van der Waals surface area contributed by atoms with E-state index < -0.39 is 0 Å². The molecule has 7 heteroatoms.